The highest BCUT2D eigenvalue weighted by molar-refractivity contribution is 5.94. The van der Waals surface area contributed by atoms with Crippen molar-refractivity contribution in [2.45, 2.75) is 51.7 Å². The standard InChI is InChI=1S/C15H19F4NO/c1-3-4-5-6-10(2)20-14(21)12-9-11(15(17,18)19)7-8-13(12)16/h7-10H,3-6H2,1-2H3,(H,20,21). The third kappa shape index (κ3) is 5.36. The first-order valence-corrected chi connectivity index (χ1v) is 6.93. The molecule has 0 heterocycles. The first kappa shape index (κ1) is 17.5. The third-order valence-electron chi connectivity index (χ3n) is 3.16. The van der Waals surface area contributed by atoms with Crippen LogP contribution in [0.5, 0.6) is 0 Å². The highest BCUT2D eigenvalue weighted by atomic mass is 19.4. The van der Waals surface area contributed by atoms with Crippen molar-refractivity contribution in [2.24, 2.45) is 0 Å². The molecule has 6 heteroatoms. The summed E-state index contributed by atoms with van der Waals surface area (Å²) in [6.45, 7) is 3.79. The van der Waals surface area contributed by atoms with Gasteiger partial charge in [-0.05, 0) is 31.5 Å². The van der Waals surface area contributed by atoms with Crippen LogP contribution in [0.2, 0.25) is 0 Å². The molecule has 1 aromatic rings. The maximum atomic E-state index is 13.5. The van der Waals surface area contributed by atoms with E-state index in [0.717, 1.165) is 19.3 Å². The molecular formula is C15H19F4NO. The van der Waals surface area contributed by atoms with Crippen LogP contribution < -0.4 is 5.32 Å². The van der Waals surface area contributed by atoms with E-state index in [1.165, 1.54) is 0 Å². The molecule has 0 fully saturated rings. The lowest BCUT2D eigenvalue weighted by Gasteiger charge is -2.15. The summed E-state index contributed by atoms with van der Waals surface area (Å²) in [5.41, 5.74) is -1.61. The van der Waals surface area contributed by atoms with Gasteiger partial charge in [0.2, 0.25) is 0 Å². The monoisotopic (exact) mass is 305 g/mol. The topological polar surface area (TPSA) is 29.1 Å². The van der Waals surface area contributed by atoms with Crippen LogP contribution in [0, 0.1) is 5.82 Å². The molecule has 21 heavy (non-hydrogen) atoms. The van der Waals surface area contributed by atoms with Gasteiger partial charge in [-0.25, -0.2) is 4.39 Å². The summed E-state index contributed by atoms with van der Waals surface area (Å²) in [6, 6.07) is 1.62. The van der Waals surface area contributed by atoms with Crippen LogP contribution in [0.4, 0.5) is 17.6 Å². The molecule has 0 radical (unpaired) electrons. The number of carbonyl (C=O) groups excluding carboxylic acids is 1. The fraction of sp³-hybridized carbons (Fsp3) is 0.533. The summed E-state index contributed by atoms with van der Waals surface area (Å²) in [5.74, 6) is -1.77. The van der Waals surface area contributed by atoms with E-state index in [1.54, 1.807) is 6.92 Å². The van der Waals surface area contributed by atoms with Crippen LogP contribution in [0.3, 0.4) is 0 Å². The molecule has 0 aliphatic heterocycles. The van der Waals surface area contributed by atoms with Crippen LogP contribution in [-0.4, -0.2) is 11.9 Å². The van der Waals surface area contributed by atoms with Crippen LogP contribution in [0.1, 0.15) is 55.5 Å². The van der Waals surface area contributed by atoms with Crippen LogP contribution in [-0.2, 0) is 6.18 Å². The summed E-state index contributed by atoms with van der Waals surface area (Å²) >= 11 is 0. The third-order valence-corrected chi connectivity index (χ3v) is 3.16. The number of rotatable bonds is 6. The van der Waals surface area contributed by atoms with E-state index in [4.69, 9.17) is 0 Å². The van der Waals surface area contributed by atoms with Gasteiger partial charge in [0.25, 0.3) is 5.91 Å². The molecule has 0 aliphatic carbocycles. The van der Waals surface area contributed by atoms with Crippen LogP contribution in [0.25, 0.3) is 0 Å². The number of nitrogens with one attached hydrogen (secondary N) is 1. The van der Waals surface area contributed by atoms with Crippen molar-refractivity contribution < 1.29 is 22.4 Å². The Morgan fingerprint density at radius 1 is 1.29 bits per heavy atom. The van der Waals surface area contributed by atoms with Gasteiger partial charge in [0, 0.05) is 6.04 Å². The van der Waals surface area contributed by atoms with Gasteiger partial charge in [-0.3, -0.25) is 4.79 Å². The Morgan fingerprint density at radius 3 is 2.52 bits per heavy atom. The summed E-state index contributed by atoms with van der Waals surface area (Å²) in [4.78, 5) is 11.9. The Balaban J connectivity index is 2.78. The largest absolute Gasteiger partial charge is 0.416 e. The second-order valence-electron chi connectivity index (χ2n) is 5.06. The van der Waals surface area contributed by atoms with Gasteiger partial charge < -0.3 is 5.32 Å². The number of benzene rings is 1. The van der Waals surface area contributed by atoms with Crippen molar-refractivity contribution in [1.82, 2.24) is 5.32 Å². The maximum Gasteiger partial charge on any atom is 0.416 e. The van der Waals surface area contributed by atoms with Crippen molar-refractivity contribution in [2.75, 3.05) is 0 Å². The molecule has 1 amide bonds. The van der Waals surface area contributed by atoms with E-state index in [0.29, 0.717) is 24.6 Å². The highest BCUT2D eigenvalue weighted by Crippen LogP contribution is 2.30. The molecule has 1 aromatic carbocycles. The van der Waals surface area contributed by atoms with Crippen molar-refractivity contribution >= 4 is 5.91 Å². The van der Waals surface area contributed by atoms with Crippen molar-refractivity contribution in [3.05, 3.63) is 35.1 Å². The molecule has 0 aromatic heterocycles. The zero-order chi connectivity index (χ0) is 16.0. The van der Waals surface area contributed by atoms with Crippen molar-refractivity contribution in [1.29, 1.82) is 0 Å². The quantitative estimate of drug-likeness (QED) is 0.606. The van der Waals surface area contributed by atoms with E-state index < -0.39 is 29.0 Å². The lowest BCUT2D eigenvalue weighted by atomic mass is 10.1. The fourth-order valence-corrected chi connectivity index (χ4v) is 1.95. The number of hydrogen-bond donors (Lipinski definition) is 1. The lowest BCUT2D eigenvalue weighted by molar-refractivity contribution is -0.137. The molecule has 0 saturated carbocycles. The molecule has 0 spiro atoms. The minimum atomic E-state index is -4.60. The Hall–Kier alpha value is -1.59. The van der Waals surface area contributed by atoms with Crippen LogP contribution in [0.15, 0.2) is 18.2 Å². The van der Waals surface area contributed by atoms with Gasteiger partial charge in [-0.1, -0.05) is 26.2 Å². The molecule has 0 aliphatic rings. The SMILES string of the molecule is CCCCCC(C)NC(=O)c1cc(C(F)(F)F)ccc1F. The Morgan fingerprint density at radius 2 is 1.95 bits per heavy atom. The zero-order valence-electron chi connectivity index (χ0n) is 12.1. The normalized spacial score (nSPS) is 13.0. The molecular weight excluding hydrogens is 286 g/mol. The molecule has 1 rings (SSSR count). The first-order chi connectivity index (χ1) is 9.75. The van der Waals surface area contributed by atoms with E-state index in [-0.39, 0.29) is 6.04 Å². The van der Waals surface area contributed by atoms with E-state index in [2.05, 4.69) is 5.32 Å². The molecule has 1 unspecified atom stereocenters. The zero-order valence-corrected chi connectivity index (χ0v) is 12.1. The first-order valence-electron chi connectivity index (χ1n) is 6.93. The Labute approximate surface area is 121 Å². The fourth-order valence-electron chi connectivity index (χ4n) is 1.95. The minimum absolute atomic E-state index is 0.210. The van der Waals surface area contributed by atoms with E-state index in [9.17, 15) is 22.4 Å². The van der Waals surface area contributed by atoms with Gasteiger partial charge in [0.05, 0.1) is 11.1 Å². The highest BCUT2D eigenvalue weighted by Gasteiger charge is 2.32. The molecule has 2 nitrogen and oxygen atoms in total. The molecule has 118 valence electrons. The molecule has 1 atom stereocenters. The average Bonchev–Trinajstić information content (AvgIpc) is 2.37. The van der Waals surface area contributed by atoms with Gasteiger partial charge >= 0.3 is 6.18 Å². The second kappa shape index (κ2) is 7.43. The number of unbranched alkanes of at least 4 members (excludes halogenated alkanes) is 2. The Kier molecular flexibility index (Phi) is 6.18. The van der Waals surface area contributed by atoms with Gasteiger partial charge in [0.15, 0.2) is 0 Å². The Bertz CT molecular complexity index is 485. The number of alkyl halides is 3. The minimum Gasteiger partial charge on any atom is -0.349 e. The second-order valence-corrected chi connectivity index (χ2v) is 5.06. The number of hydrogen-bond acceptors (Lipinski definition) is 1. The van der Waals surface area contributed by atoms with E-state index in [1.807, 2.05) is 6.92 Å². The van der Waals surface area contributed by atoms with Crippen molar-refractivity contribution in [3.8, 4) is 0 Å². The van der Waals surface area contributed by atoms with Gasteiger partial charge in [-0.15, -0.1) is 0 Å². The van der Waals surface area contributed by atoms with Gasteiger partial charge in [0.1, 0.15) is 5.82 Å². The number of carbonyl (C=O) groups is 1. The number of halogens is 4. The van der Waals surface area contributed by atoms with Crippen molar-refractivity contribution in [3.63, 3.8) is 0 Å². The molecule has 1 N–H and O–H groups in total. The summed E-state index contributed by atoms with van der Waals surface area (Å²) in [7, 11) is 0. The average molecular weight is 305 g/mol. The predicted molar refractivity (Wildman–Crippen MR) is 72.5 cm³/mol. The van der Waals surface area contributed by atoms with Crippen LogP contribution >= 0.6 is 0 Å². The number of amides is 1. The van der Waals surface area contributed by atoms with E-state index >= 15 is 0 Å². The summed E-state index contributed by atoms with van der Waals surface area (Å²) < 4.78 is 51.3. The van der Waals surface area contributed by atoms with Gasteiger partial charge in [-0.2, -0.15) is 13.2 Å². The maximum absolute atomic E-state index is 13.5. The smallest absolute Gasteiger partial charge is 0.349 e. The lowest BCUT2D eigenvalue weighted by Crippen LogP contribution is -2.33. The molecule has 0 bridgehead atoms. The summed E-state index contributed by atoms with van der Waals surface area (Å²) in [5, 5.41) is 2.53. The predicted octanol–water partition coefficient (Wildman–Crippen LogP) is 4.54. The summed E-state index contributed by atoms with van der Waals surface area (Å²) in [6.07, 6.45) is -0.945. The molecule has 0 saturated heterocycles.